The van der Waals surface area contributed by atoms with Crippen LogP contribution in [0.15, 0.2) is 0 Å². The van der Waals surface area contributed by atoms with E-state index in [9.17, 15) is 9.46 Å². The predicted octanol–water partition coefficient (Wildman–Crippen LogP) is 5.84. The molecule has 0 saturated heterocycles. The van der Waals surface area contributed by atoms with Crippen molar-refractivity contribution in [3.63, 3.8) is 0 Å². The molecule has 138 valence electrons. The Morgan fingerprint density at radius 3 is 1.36 bits per heavy atom. The molecule has 0 fully saturated rings. The van der Waals surface area contributed by atoms with Crippen molar-refractivity contribution in [2.75, 3.05) is 13.2 Å². The van der Waals surface area contributed by atoms with Gasteiger partial charge in [0.25, 0.3) is 0 Å². The largest absolute Gasteiger partial charge is 0.472 e. The van der Waals surface area contributed by atoms with E-state index in [4.69, 9.17) is 9.05 Å². The topological polar surface area (TPSA) is 55.8 Å². The summed E-state index contributed by atoms with van der Waals surface area (Å²) in [6.45, 7) is 5.01. The minimum absolute atomic E-state index is 0. The first kappa shape index (κ1) is 24.9. The second-order valence-corrected chi connectivity index (χ2v) is 7.12. The van der Waals surface area contributed by atoms with E-state index in [-0.39, 0.29) is 16.5 Å². The van der Waals surface area contributed by atoms with Gasteiger partial charge in [-0.25, -0.2) is 4.57 Å². The van der Waals surface area contributed by atoms with E-state index >= 15 is 0 Å². The molecule has 0 atom stereocenters. The molecule has 0 aromatic rings. The van der Waals surface area contributed by atoms with Crippen molar-refractivity contribution in [2.24, 2.45) is 0 Å². The monoisotopic (exact) mass is 380 g/mol. The average Bonchev–Trinajstić information content (AvgIpc) is 2.45. The van der Waals surface area contributed by atoms with Gasteiger partial charge in [-0.3, -0.25) is 9.05 Å². The van der Waals surface area contributed by atoms with E-state index in [1.807, 2.05) is 0 Å². The van der Waals surface area contributed by atoms with Gasteiger partial charge in [0.1, 0.15) is 0 Å². The van der Waals surface area contributed by atoms with Gasteiger partial charge in [-0.05, 0) is 12.8 Å². The smallest absolute Gasteiger partial charge is 0.302 e. The normalized spacial score (nSPS) is 11.4. The molecule has 4 nitrogen and oxygen atoms in total. The molecule has 0 amide bonds. The molecule has 6 heteroatoms. The van der Waals surface area contributed by atoms with Gasteiger partial charge in [-0.1, -0.05) is 78.1 Å². The fraction of sp³-hybridized carbons (Fsp3) is 1.00. The second-order valence-electron chi connectivity index (χ2n) is 5.67. The molecule has 0 unspecified atom stereocenters. The van der Waals surface area contributed by atoms with Gasteiger partial charge in [0.05, 0.1) is 13.2 Å². The first-order valence-electron chi connectivity index (χ1n) is 8.74. The first-order chi connectivity index (χ1) is 10.1. The summed E-state index contributed by atoms with van der Waals surface area (Å²) < 4.78 is 21.5. The van der Waals surface area contributed by atoms with Crippen LogP contribution >= 0.6 is 7.82 Å². The number of unbranched alkanes of at least 4 members (excludes halogenated alkanes) is 10. The number of hydrogen-bond acceptors (Lipinski definition) is 3. The summed E-state index contributed by atoms with van der Waals surface area (Å²) in [7, 11) is -3.82. The zero-order valence-electron chi connectivity index (χ0n) is 14.3. The predicted molar refractivity (Wildman–Crippen MR) is 88.5 cm³/mol. The molecule has 1 N–H and O–H groups in total. The maximum Gasteiger partial charge on any atom is 0.472 e. The van der Waals surface area contributed by atoms with E-state index in [1.165, 1.54) is 51.4 Å². The van der Waals surface area contributed by atoms with E-state index in [0.29, 0.717) is 13.2 Å². The Bertz CT molecular complexity index is 243. The number of hydrogen-bond donors (Lipinski definition) is 1. The van der Waals surface area contributed by atoms with E-state index in [2.05, 4.69) is 13.8 Å². The molecular formula is C16H35NiO4P. The van der Waals surface area contributed by atoms with Crippen molar-refractivity contribution in [2.45, 2.75) is 90.9 Å². The first-order valence-corrected chi connectivity index (χ1v) is 10.2. The van der Waals surface area contributed by atoms with Gasteiger partial charge in [0.2, 0.25) is 0 Å². The third-order valence-corrected chi connectivity index (χ3v) is 4.52. The quantitative estimate of drug-likeness (QED) is 0.207. The maximum absolute atomic E-state index is 11.6. The SMILES string of the molecule is CCCCCCCCOP(=O)(O)OCCCCCCCC.[Ni]. The summed E-state index contributed by atoms with van der Waals surface area (Å²) in [5.41, 5.74) is 0. The second kappa shape index (κ2) is 17.9. The van der Waals surface area contributed by atoms with Gasteiger partial charge >= 0.3 is 7.82 Å². The molecule has 0 radical (unpaired) electrons. The molecule has 0 aliphatic rings. The molecule has 0 rings (SSSR count). The summed E-state index contributed by atoms with van der Waals surface area (Å²) in [6.07, 6.45) is 13.6. The van der Waals surface area contributed by atoms with Crippen LogP contribution in [0.3, 0.4) is 0 Å². The van der Waals surface area contributed by atoms with Gasteiger partial charge in [-0.15, -0.1) is 0 Å². The Balaban J connectivity index is 0. The molecule has 0 aliphatic carbocycles. The van der Waals surface area contributed by atoms with Crippen LogP contribution in [-0.4, -0.2) is 18.1 Å². The summed E-state index contributed by atoms with van der Waals surface area (Å²) >= 11 is 0. The van der Waals surface area contributed by atoms with Crippen molar-refractivity contribution < 1.29 is 35.0 Å². The minimum atomic E-state index is -3.82. The summed E-state index contributed by atoms with van der Waals surface area (Å²) in [5.74, 6) is 0. The molecule has 0 bridgehead atoms. The number of phosphoric ester groups is 1. The van der Waals surface area contributed by atoms with Crippen LogP contribution in [0, 0.1) is 0 Å². The molecule has 0 aromatic heterocycles. The Kier molecular flexibility index (Phi) is 20.3. The van der Waals surface area contributed by atoms with E-state index in [0.717, 1.165) is 25.7 Å². The van der Waals surface area contributed by atoms with Gasteiger partial charge < -0.3 is 4.89 Å². The molecule has 0 aliphatic heterocycles. The third kappa shape index (κ3) is 18.7. The van der Waals surface area contributed by atoms with Crippen LogP contribution in [-0.2, 0) is 30.1 Å². The molecule has 0 saturated carbocycles. The Morgan fingerprint density at radius 2 is 1.00 bits per heavy atom. The van der Waals surface area contributed by atoms with E-state index < -0.39 is 7.82 Å². The van der Waals surface area contributed by atoms with Crippen LogP contribution in [0.5, 0.6) is 0 Å². The molecule has 0 heterocycles. The van der Waals surface area contributed by atoms with Crippen molar-refractivity contribution in [1.82, 2.24) is 0 Å². The van der Waals surface area contributed by atoms with Crippen LogP contribution in [0.2, 0.25) is 0 Å². The number of rotatable bonds is 16. The zero-order chi connectivity index (χ0) is 15.8. The third-order valence-electron chi connectivity index (χ3n) is 3.50. The average molecular weight is 381 g/mol. The van der Waals surface area contributed by atoms with Crippen LogP contribution < -0.4 is 0 Å². The fourth-order valence-corrected chi connectivity index (χ4v) is 2.96. The Labute approximate surface area is 147 Å². The Morgan fingerprint density at radius 1 is 0.682 bits per heavy atom. The minimum Gasteiger partial charge on any atom is -0.302 e. The summed E-state index contributed by atoms with van der Waals surface area (Å²) in [5, 5.41) is 0. The van der Waals surface area contributed by atoms with Crippen LogP contribution in [0.1, 0.15) is 90.9 Å². The summed E-state index contributed by atoms with van der Waals surface area (Å²) in [6, 6.07) is 0. The van der Waals surface area contributed by atoms with Gasteiger partial charge in [0.15, 0.2) is 0 Å². The van der Waals surface area contributed by atoms with E-state index in [1.54, 1.807) is 0 Å². The zero-order valence-corrected chi connectivity index (χ0v) is 16.2. The maximum atomic E-state index is 11.6. The summed E-state index contributed by atoms with van der Waals surface area (Å²) in [4.78, 5) is 9.51. The van der Waals surface area contributed by atoms with Crippen LogP contribution in [0.25, 0.3) is 0 Å². The van der Waals surface area contributed by atoms with Gasteiger partial charge in [0, 0.05) is 16.5 Å². The van der Waals surface area contributed by atoms with Crippen molar-refractivity contribution in [1.29, 1.82) is 0 Å². The molecule has 22 heavy (non-hydrogen) atoms. The molecule has 0 spiro atoms. The number of phosphoric acid groups is 1. The standard InChI is InChI=1S/C16H35O4P.Ni/c1-3-5-7-9-11-13-15-19-21(17,18)20-16-14-12-10-8-6-4-2;/h3-16H2,1-2H3,(H,17,18);. The van der Waals surface area contributed by atoms with Crippen molar-refractivity contribution in [3.05, 3.63) is 0 Å². The Hall–Kier alpha value is 0.604. The van der Waals surface area contributed by atoms with Crippen LogP contribution in [0.4, 0.5) is 0 Å². The van der Waals surface area contributed by atoms with Gasteiger partial charge in [-0.2, -0.15) is 0 Å². The van der Waals surface area contributed by atoms with Crippen molar-refractivity contribution >= 4 is 7.82 Å². The van der Waals surface area contributed by atoms with Crippen molar-refractivity contribution in [3.8, 4) is 0 Å². The molecule has 0 aromatic carbocycles. The fourth-order valence-electron chi connectivity index (χ4n) is 2.16. The molecular weight excluding hydrogens is 346 g/mol.